The van der Waals surface area contributed by atoms with Crippen LogP contribution in [0.3, 0.4) is 0 Å². The van der Waals surface area contributed by atoms with Crippen molar-refractivity contribution in [1.82, 2.24) is 4.90 Å². The van der Waals surface area contributed by atoms with E-state index in [9.17, 15) is 0 Å². The highest BCUT2D eigenvalue weighted by Gasteiger charge is 1.89. The summed E-state index contributed by atoms with van der Waals surface area (Å²) in [5.74, 6) is 0. The molecule has 0 unspecified atom stereocenters. The summed E-state index contributed by atoms with van der Waals surface area (Å²) in [7, 11) is 0. The molecule has 0 fully saturated rings. The summed E-state index contributed by atoms with van der Waals surface area (Å²) in [6.45, 7) is 16.2. The number of hydrogen-bond acceptors (Lipinski definition) is 2. The smallest absolute Gasteiger partial charge is 0.0463 e. The first kappa shape index (κ1) is 16.4. The van der Waals surface area contributed by atoms with Gasteiger partial charge in [0.15, 0.2) is 0 Å². The van der Waals surface area contributed by atoms with Crippen molar-refractivity contribution in [3.63, 3.8) is 0 Å². The Balaban J connectivity index is 0. The van der Waals surface area contributed by atoms with Crippen LogP contribution in [0.15, 0.2) is 0 Å². The van der Waals surface area contributed by atoms with E-state index in [1.165, 1.54) is 19.6 Å². The van der Waals surface area contributed by atoms with E-state index >= 15 is 0 Å². The SMILES string of the molecule is CCCOCCC.CCN(CC)CC. The molecule has 0 aliphatic carbocycles. The molecule has 0 saturated carbocycles. The molecule has 88 valence electrons. The standard InChI is InChI=1S/C6H15N.C6H14O/c1-4-7(5-2)6-3;1-3-5-7-6-4-2/h4-6H2,1-3H3;3-6H2,1-2H3. The van der Waals surface area contributed by atoms with Crippen molar-refractivity contribution in [3.8, 4) is 0 Å². The fourth-order valence-corrected chi connectivity index (χ4v) is 1.06. The van der Waals surface area contributed by atoms with Crippen LogP contribution in [-0.2, 0) is 4.74 Å². The molecule has 2 heteroatoms. The lowest BCUT2D eigenvalue weighted by molar-refractivity contribution is 0.135. The third-order valence-corrected chi connectivity index (χ3v) is 2.04. The Hall–Kier alpha value is -0.0800. The first-order chi connectivity index (χ1) is 6.76. The van der Waals surface area contributed by atoms with E-state index in [4.69, 9.17) is 4.74 Å². The van der Waals surface area contributed by atoms with E-state index in [0.717, 1.165) is 26.1 Å². The predicted octanol–water partition coefficient (Wildman–Crippen LogP) is 3.17. The van der Waals surface area contributed by atoms with Gasteiger partial charge in [-0.2, -0.15) is 0 Å². The zero-order valence-corrected chi connectivity index (χ0v) is 10.8. The van der Waals surface area contributed by atoms with E-state index in [-0.39, 0.29) is 0 Å². The van der Waals surface area contributed by atoms with Crippen molar-refractivity contribution in [1.29, 1.82) is 0 Å². The minimum atomic E-state index is 0.924. The second-order valence-corrected chi connectivity index (χ2v) is 3.23. The van der Waals surface area contributed by atoms with Gasteiger partial charge < -0.3 is 9.64 Å². The third kappa shape index (κ3) is 14.4. The third-order valence-electron chi connectivity index (χ3n) is 2.04. The van der Waals surface area contributed by atoms with Gasteiger partial charge in [0.05, 0.1) is 0 Å². The molecule has 0 aliphatic heterocycles. The van der Waals surface area contributed by atoms with Gasteiger partial charge in [-0.05, 0) is 32.5 Å². The van der Waals surface area contributed by atoms with Crippen LogP contribution >= 0.6 is 0 Å². The molecule has 0 atom stereocenters. The minimum absolute atomic E-state index is 0.924. The van der Waals surface area contributed by atoms with Gasteiger partial charge in [0.25, 0.3) is 0 Å². The van der Waals surface area contributed by atoms with Crippen molar-refractivity contribution in [3.05, 3.63) is 0 Å². The van der Waals surface area contributed by atoms with E-state index in [0.29, 0.717) is 0 Å². The fraction of sp³-hybridized carbons (Fsp3) is 1.00. The quantitative estimate of drug-likeness (QED) is 0.589. The zero-order chi connectivity index (χ0) is 11.2. The Kier molecular flexibility index (Phi) is 18.0. The molecule has 0 saturated heterocycles. The highest BCUT2D eigenvalue weighted by Crippen LogP contribution is 1.82. The predicted molar refractivity (Wildman–Crippen MR) is 64.9 cm³/mol. The Bertz CT molecular complexity index is 72.9. The first-order valence-corrected chi connectivity index (χ1v) is 6.06. The van der Waals surface area contributed by atoms with E-state index < -0.39 is 0 Å². The van der Waals surface area contributed by atoms with Crippen LogP contribution in [0.4, 0.5) is 0 Å². The highest BCUT2D eigenvalue weighted by molar-refractivity contribution is 4.43. The summed E-state index contributed by atoms with van der Waals surface area (Å²) in [6.07, 6.45) is 2.28. The molecule has 0 N–H and O–H groups in total. The molecule has 0 amide bonds. The van der Waals surface area contributed by atoms with Crippen LogP contribution < -0.4 is 0 Å². The fourth-order valence-electron chi connectivity index (χ4n) is 1.06. The maximum Gasteiger partial charge on any atom is 0.0463 e. The van der Waals surface area contributed by atoms with E-state index in [1.54, 1.807) is 0 Å². The van der Waals surface area contributed by atoms with Gasteiger partial charge in [-0.1, -0.05) is 34.6 Å². The molecule has 0 bridgehead atoms. The lowest BCUT2D eigenvalue weighted by atomic mass is 10.5. The van der Waals surface area contributed by atoms with Gasteiger partial charge in [0.1, 0.15) is 0 Å². The average molecular weight is 203 g/mol. The molecule has 14 heavy (non-hydrogen) atoms. The van der Waals surface area contributed by atoms with Crippen LogP contribution in [0.2, 0.25) is 0 Å². The molecule has 0 rings (SSSR count). The normalized spacial score (nSPS) is 9.86. The summed E-state index contributed by atoms with van der Waals surface area (Å²) in [5, 5.41) is 0. The molecule has 0 aromatic carbocycles. The van der Waals surface area contributed by atoms with Gasteiger partial charge >= 0.3 is 0 Å². The number of rotatable bonds is 7. The molecule has 0 aromatic rings. The van der Waals surface area contributed by atoms with Gasteiger partial charge in [0.2, 0.25) is 0 Å². The second kappa shape index (κ2) is 15.4. The van der Waals surface area contributed by atoms with Crippen molar-refractivity contribution < 1.29 is 4.74 Å². The molecular formula is C12H29NO. The lowest BCUT2D eigenvalue weighted by Gasteiger charge is -2.13. The number of nitrogens with zero attached hydrogens (tertiary/aromatic N) is 1. The summed E-state index contributed by atoms with van der Waals surface area (Å²) in [6, 6.07) is 0. The molecule has 0 aliphatic rings. The molecule has 2 nitrogen and oxygen atoms in total. The molecular weight excluding hydrogens is 174 g/mol. The van der Waals surface area contributed by atoms with E-state index in [2.05, 4.69) is 39.5 Å². The molecule has 0 heterocycles. The summed E-state index contributed by atoms with van der Waals surface area (Å²) >= 11 is 0. The Morgan fingerprint density at radius 2 is 1.07 bits per heavy atom. The molecule has 0 radical (unpaired) electrons. The van der Waals surface area contributed by atoms with Crippen molar-refractivity contribution >= 4 is 0 Å². The van der Waals surface area contributed by atoms with Crippen molar-refractivity contribution in [2.45, 2.75) is 47.5 Å². The average Bonchev–Trinajstić information content (AvgIpc) is 2.22. The minimum Gasteiger partial charge on any atom is -0.381 e. The van der Waals surface area contributed by atoms with Gasteiger partial charge in [-0.25, -0.2) is 0 Å². The monoisotopic (exact) mass is 203 g/mol. The Morgan fingerprint density at radius 1 is 0.714 bits per heavy atom. The maximum absolute atomic E-state index is 5.13. The molecule has 0 aromatic heterocycles. The van der Waals surface area contributed by atoms with Gasteiger partial charge in [0, 0.05) is 13.2 Å². The van der Waals surface area contributed by atoms with Crippen LogP contribution in [0.1, 0.15) is 47.5 Å². The van der Waals surface area contributed by atoms with Crippen molar-refractivity contribution in [2.75, 3.05) is 32.8 Å². The van der Waals surface area contributed by atoms with Gasteiger partial charge in [-0.3, -0.25) is 0 Å². The largest absolute Gasteiger partial charge is 0.381 e. The van der Waals surface area contributed by atoms with Gasteiger partial charge in [-0.15, -0.1) is 0 Å². The van der Waals surface area contributed by atoms with Crippen LogP contribution in [-0.4, -0.2) is 37.7 Å². The molecule has 0 spiro atoms. The van der Waals surface area contributed by atoms with Crippen LogP contribution in [0.5, 0.6) is 0 Å². The van der Waals surface area contributed by atoms with Crippen LogP contribution in [0, 0.1) is 0 Å². The topological polar surface area (TPSA) is 12.5 Å². The number of hydrogen-bond donors (Lipinski definition) is 0. The van der Waals surface area contributed by atoms with Crippen molar-refractivity contribution in [2.24, 2.45) is 0 Å². The second-order valence-electron chi connectivity index (χ2n) is 3.23. The lowest BCUT2D eigenvalue weighted by Crippen LogP contribution is -2.21. The maximum atomic E-state index is 5.13. The van der Waals surface area contributed by atoms with Crippen LogP contribution in [0.25, 0.3) is 0 Å². The Morgan fingerprint density at radius 3 is 1.21 bits per heavy atom. The highest BCUT2D eigenvalue weighted by atomic mass is 16.5. The van der Waals surface area contributed by atoms with E-state index in [1.807, 2.05) is 0 Å². The zero-order valence-electron chi connectivity index (χ0n) is 10.8. The summed E-state index contributed by atoms with van der Waals surface area (Å²) < 4.78 is 5.13. The summed E-state index contributed by atoms with van der Waals surface area (Å²) in [4.78, 5) is 2.38. The first-order valence-electron chi connectivity index (χ1n) is 6.06. The Labute approximate surface area is 90.6 Å². The summed E-state index contributed by atoms with van der Waals surface area (Å²) in [5.41, 5.74) is 0. The number of ether oxygens (including phenoxy) is 1.